The third-order valence-electron chi connectivity index (χ3n) is 4.37. The fraction of sp³-hybridized carbons (Fsp3) is 0.105. The van der Waals surface area contributed by atoms with Crippen LogP contribution >= 0.6 is 0 Å². The molecule has 6 nitrogen and oxygen atoms in total. The molecule has 2 N–H and O–H groups in total. The minimum Gasteiger partial charge on any atom is -0.348 e. The van der Waals surface area contributed by atoms with E-state index in [4.69, 9.17) is 0 Å². The van der Waals surface area contributed by atoms with E-state index in [0.29, 0.717) is 34.5 Å². The van der Waals surface area contributed by atoms with Crippen LogP contribution in [-0.4, -0.2) is 21.4 Å². The summed E-state index contributed by atoms with van der Waals surface area (Å²) in [5, 5.41) is 5.45. The van der Waals surface area contributed by atoms with Crippen LogP contribution in [0.25, 0.3) is 11.4 Å². The molecule has 1 aliphatic rings. The number of anilines is 1. The number of benzene rings is 2. The fourth-order valence-electron chi connectivity index (χ4n) is 3.06. The minimum absolute atomic E-state index is 0.147. The predicted octanol–water partition coefficient (Wildman–Crippen LogP) is 3.44. The van der Waals surface area contributed by atoms with Gasteiger partial charge in [-0.05, 0) is 42.0 Å². The normalized spacial score (nSPS) is 12.8. The van der Waals surface area contributed by atoms with Gasteiger partial charge in [0.25, 0.3) is 11.8 Å². The molecule has 0 atom stereocenters. The number of nitrogens with one attached hydrogen (secondary N) is 2. The average Bonchev–Trinajstić information content (AvgIpc) is 3.30. The highest BCUT2D eigenvalue weighted by molar-refractivity contribution is 6.09. The lowest BCUT2D eigenvalue weighted by atomic mass is 10.0. The highest BCUT2D eigenvalue weighted by atomic mass is 19.3. The lowest BCUT2D eigenvalue weighted by molar-refractivity contribution is 0.0720. The molecule has 8 heteroatoms. The Bertz CT molecular complexity index is 1030. The number of nitrogens with zero attached hydrogens (tertiary/aromatic N) is 2. The predicted molar refractivity (Wildman–Crippen MR) is 94.5 cm³/mol. The van der Waals surface area contributed by atoms with E-state index < -0.39 is 6.55 Å². The van der Waals surface area contributed by atoms with Crippen molar-refractivity contribution in [2.75, 3.05) is 5.32 Å². The van der Waals surface area contributed by atoms with E-state index in [2.05, 4.69) is 15.6 Å². The molecule has 1 aliphatic heterocycles. The SMILES string of the molecule is O=C1NCc2c1cccc2C(=O)Nc1ccc(-c2nccn2C(F)F)cc1. The van der Waals surface area contributed by atoms with Crippen molar-refractivity contribution in [2.45, 2.75) is 13.1 Å². The number of carbonyl (C=O) groups is 2. The van der Waals surface area contributed by atoms with E-state index in [1.165, 1.54) is 12.4 Å². The van der Waals surface area contributed by atoms with E-state index >= 15 is 0 Å². The molecular formula is C19H14F2N4O2. The number of alkyl halides is 2. The van der Waals surface area contributed by atoms with Gasteiger partial charge in [0.15, 0.2) is 0 Å². The Morgan fingerprint density at radius 3 is 2.70 bits per heavy atom. The van der Waals surface area contributed by atoms with Gasteiger partial charge in [-0.15, -0.1) is 0 Å². The summed E-state index contributed by atoms with van der Waals surface area (Å²) >= 11 is 0. The van der Waals surface area contributed by atoms with Crippen LogP contribution in [0.15, 0.2) is 54.9 Å². The van der Waals surface area contributed by atoms with Crippen LogP contribution in [0.4, 0.5) is 14.5 Å². The van der Waals surface area contributed by atoms with Crippen molar-refractivity contribution in [3.8, 4) is 11.4 Å². The molecule has 2 amide bonds. The number of aromatic nitrogens is 2. The Morgan fingerprint density at radius 2 is 1.96 bits per heavy atom. The van der Waals surface area contributed by atoms with Gasteiger partial charge < -0.3 is 10.6 Å². The molecule has 4 rings (SSSR count). The average molecular weight is 368 g/mol. The smallest absolute Gasteiger partial charge is 0.320 e. The highest BCUT2D eigenvalue weighted by Crippen LogP contribution is 2.25. The molecule has 0 spiro atoms. The van der Waals surface area contributed by atoms with Crippen molar-refractivity contribution in [2.24, 2.45) is 0 Å². The zero-order chi connectivity index (χ0) is 19.0. The number of imidazole rings is 1. The third-order valence-corrected chi connectivity index (χ3v) is 4.37. The monoisotopic (exact) mass is 368 g/mol. The Kier molecular flexibility index (Phi) is 4.15. The molecule has 136 valence electrons. The number of amides is 2. The maximum atomic E-state index is 13.0. The third kappa shape index (κ3) is 3.05. The Morgan fingerprint density at radius 1 is 1.19 bits per heavy atom. The molecule has 0 saturated heterocycles. The molecule has 3 aromatic rings. The van der Waals surface area contributed by atoms with Gasteiger partial charge in [0.05, 0.1) is 0 Å². The van der Waals surface area contributed by atoms with Gasteiger partial charge in [-0.3, -0.25) is 14.2 Å². The van der Waals surface area contributed by atoms with Crippen molar-refractivity contribution in [3.05, 3.63) is 71.5 Å². The van der Waals surface area contributed by atoms with E-state index in [1.807, 2.05) is 0 Å². The number of hydrogen-bond donors (Lipinski definition) is 2. The van der Waals surface area contributed by atoms with Crippen molar-refractivity contribution < 1.29 is 18.4 Å². The summed E-state index contributed by atoms with van der Waals surface area (Å²) in [6.07, 6.45) is 2.52. The molecular weight excluding hydrogens is 354 g/mol. The molecule has 0 aliphatic carbocycles. The van der Waals surface area contributed by atoms with E-state index in [0.717, 1.165) is 4.57 Å². The summed E-state index contributed by atoms with van der Waals surface area (Å²) in [4.78, 5) is 28.2. The maximum Gasteiger partial charge on any atom is 0.320 e. The van der Waals surface area contributed by atoms with Crippen LogP contribution in [0.1, 0.15) is 32.8 Å². The highest BCUT2D eigenvalue weighted by Gasteiger charge is 2.24. The maximum absolute atomic E-state index is 13.0. The number of fused-ring (bicyclic) bond motifs is 1. The Balaban J connectivity index is 1.55. The lowest BCUT2D eigenvalue weighted by Gasteiger charge is -2.10. The number of halogens is 2. The first-order valence-corrected chi connectivity index (χ1v) is 8.17. The second-order valence-corrected chi connectivity index (χ2v) is 5.98. The van der Waals surface area contributed by atoms with E-state index in [1.54, 1.807) is 42.5 Å². The molecule has 2 heterocycles. The summed E-state index contributed by atoms with van der Waals surface area (Å²) in [6.45, 7) is -2.37. The molecule has 27 heavy (non-hydrogen) atoms. The zero-order valence-corrected chi connectivity index (χ0v) is 13.9. The van der Waals surface area contributed by atoms with Crippen molar-refractivity contribution in [1.29, 1.82) is 0 Å². The quantitative estimate of drug-likeness (QED) is 0.741. The second kappa shape index (κ2) is 6.64. The van der Waals surface area contributed by atoms with Gasteiger partial charge in [0.1, 0.15) is 5.82 Å². The van der Waals surface area contributed by atoms with Crippen LogP contribution in [0.2, 0.25) is 0 Å². The van der Waals surface area contributed by atoms with Crippen molar-refractivity contribution >= 4 is 17.5 Å². The molecule has 0 radical (unpaired) electrons. The Labute approximate surface area is 152 Å². The summed E-state index contributed by atoms with van der Waals surface area (Å²) in [6, 6.07) is 11.4. The molecule has 2 aromatic carbocycles. The lowest BCUT2D eigenvalue weighted by Crippen LogP contribution is -2.14. The van der Waals surface area contributed by atoms with Crippen molar-refractivity contribution in [3.63, 3.8) is 0 Å². The summed E-state index contributed by atoms with van der Waals surface area (Å²) in [7, 11) is 0. The van der Waals surface area contributed by atoms with Gasteiger partial charge in [0, 0.05) is 41.3 Å². The van der Waals surface area contributed by atoms with Gasteiger partial charge in [-0.2, -0.15) is 8.78 Å². The largest absolute Gasteiger partial charge is 0.348 e. The number of rotatable bonds is 4. The number of carbonyl (C=O) groups excluding carboxylic acids is 2. The van der Waals surface area contributed by atoms with Gasteiger partial charge in [0.2, 0.25) is 0 Å². The fourth-order valence-corrected chi connectivity index (χ4v) is 3.06. The van der Waals surface area contributed by atoms with Gasteiger partial charge in [-0.1, -0.05) is 6.07 Å². The molecule has 0 bridgehead atoms. The molecule has 0 saturated carbocycles. The van der Waals surface area contributed by atoms with Gasteiger partial charge in [-0.25, -0.2) is 4.98 Å². The molecule has 0 unspecified atom stereocenters. The Hall–Kier alpha value is -3.55. The van der Waals surface area contributed by atoms with Crippen LogP contribution in [0.3, 0.4) is 0 Å². The van der Waals surface area contributed by atoms with E-state index in [9.17, 15) is 18.4 Å². The van der Waals surface area contributed by atoms with Gasteiger partial charge >= 0.3 is 6.55 Å². The second-order valence-electron chi connectivity index (χ2n) is 5.98. The summed E-state index contributed by atoms with van der Waals surface area (Å²) < 4.78 is 26.7. The first kappa shape index (κ1) is 16.9. The van der Waals surface area contributed by atoms with Crippen LogP contribution < -0.4 is 10.6 Å². The summed E-state index contributed by atoms with van der Waals surface area (Å²) in [5.41, 5.74) is 2.60. The summed E-state index contributed by atoms with van der Waals surface area (Å²) in [5.74, 6) is -0.392. The number of hydrogen-bond acceptors (Lipinski definition) is 3. The first-order valence-electron chi connectivity index (χ1n) is 8.17. The van der Waals surface area contributed by atoms with Crippen LogP contribution in [0, 0.1) is 0 Å². The van der Waals surface area contributed by atoms with E-state index in [-0.39, 0.29) is 17.6 Å². The first-order chi connectivity index (χ1) is 13.0. The minimum atomic E-state index is -2.68. The molecule has 0 fully saturated rings. The zero-order valence-electron chi connectivity index (χ0n) is 13.9. The van der Waals surface area contributed by atoms with Crippen LogP contribution in [0.5, 0.6) is 0 Å². The van der Waals surface area contributed by atoms with Crippen molar-refractivity contribution in [1.82, 2.24) is 14.9 Å². The topological polar surface area (TPSA) is 76.0 Å². The molecule has 1 aromatic heterocycles. The standard InChI is InChI=1S/C19H14F2N4O2/c20-19(21)25-9-8-22-16(25)11-4-6-12(7-5-11)24-18(27)14-3-1-2-13-15(14)10-23-17(13)26/h1-9,19H,10H2,(H,23,26)(H,24,27). The van der Waals surface area contributed by atoms with Crippen LogP contribution in [-0.2, 0) is 6.54 Å².